The quantitative estimate of drug-likeness (QED) is 0.652. The molecule has 0 saturated heterocycles. The van der Waals surface area contributed by atoms with Crippen molar-refractivity contribution in [2.75, 3.05) is 13.2 Å². The highest BCUT2D eigenvalue weighted by Crippen LogP contribution is 2.21. The van der Waals surface area contributed by atoms with Crippen molar-refractivity contribution in [3.05, 3.63) is 23.9 Å². The molecular formula is C11H20N2O. The van der Waals surface area contributed by atoms with Gasteiger partial charge in [-0.2, -0.15) is 0 Å². The SMILES string of the molecule is CCOCCCC1(N)C=CC(N)=CC1. The summed E-state index contributed by atoms with van der Waals surface area (Å²) in [4.78, 5) is 0. The van der Waals surface area contributed by atoms with E-state index in [1.54, 1.807) is 0 Å². The van der Waals surface area contributed by atoms with Crippen molar-refractivity contribution in [1.82, 2.24) is 0 Å². The summed E-state index contributed by atoms with van der Waals surface area (Å²) in [6.07, 6.45) is 8.68. The summed E-state index contributed by atoms with van der Waals surface area (Å²) >= 11 is 0. The van der Waals surface area contributed by atoms with Crippen LogP contribution in [0.25, 0.3) is 0 Å². The summed E-state index contributed by atoms with van der Waals surface area (Å²) in [6.45, 7) is 3.57. The van der Waals surface area contributed by atoms with Gasteiger partial charge in [-0.05, 0) is 32.3 Å². The zero-order valence-electron chi connectivity index (χ0n) is 8.83. The molecule has 3 nitrogen and oxygen atoms in total. The molecule has 0 spiro atoms. The van der Waals surface area contributed by atoms with Gasteiger partial charge >= 0.3 is 0 Å². The van der Waals surface area contributed by atoms with Gasteiger partial charge in [0.15, 0.2) is 0 Å². The first-order valence-corrected chi connectivity index (χ1v) is 5.18. The highest BCUT2D eigenvalue weighted by Gasteiger charge is 2.21. The molecule has 14 heavy (non-hydrogen) atoms. The standard InChI is InChI=1S/C11H20N2O/c1-2-14-9-3-6-11(13)7-4-10(12)5-8-11/h4-5,7H,2-3,6,8-9,12-13H2,1H3. The Morgan fingerprint density at radius 2 is 2.36 bits per heavy atom. The van der Waals surface area contributed by atoms with Gasteiger partial charge in [-0.1, -0.05) is 12.2 Å². The molecule has 0 amide bonds. The molecule has 0 fully saturated rings. The Kier molecular flexibility index (Phi) is 4.17. The maximum Gasteiger partial charge on any atom is 0.0466 e. The molecule has 0 aromatic heterocycles. The van der Waals surface area contributed by atoms with E-state index in [4.69, 9.17) is 16.2 Å². The van der Waals surface area contributed by atoms with E-state index in [1.165, 1.54) is 0 Å². The Morgan fingerprint density at radius 3 is 2.93 bits per heavy atom. The first-order valence-electron chi connectivity index (χ1n) is 5.18. The smallest absolute Gasteiger partial charge is 0.0466 e. The summed E-state index contributed by atoms with van der Waals surface area (Å²) in [6, 6.07) is 0. The maximum atomic E-state index is 6.16. The predicted molar refractivity (Wildman–Crippen MR) is 58.7 cm³/mol. The molecule has 0 saturated carbocycles. The fourth-order valence-corrected chi connectivity index (χ4v) is 1.54. The topological polar surface area (TPSA) is 61.3 Å². The largest absolute Gasteiger partial charge is 0.399 e. The molecule has 0 bridgehead atoms. The van der Waals surface area contributed by atoms with Crippen LogP contribution in [0.1, 0.15) is 26.2 Å². The molecule has 1 aliphatic carbocycles. The van der Waals surface area contributed by atoms with Crippen LogP contribution < -0.4 is 11.5 Å². The Bertz CT molecular complexity index is 235. The number of hydrogen-bond acceptors (Lipinski definition) is 3. The number of rotatable bonds is 5. The Labute approximate surface area is 85.8 Å². The van der Waals surface area contributed by atoms with Gasteiger partial charge in [0.25, 0.3) is 0 Å². The minimum absolute atomic E-state index is 0.208. The summed E-state index contributed by atoms with van der Waals surface area (Å²) in [5.74, 6) is 0. The molecule has 80 valence electrons. The van der Waals surface area contributed by atoms with Crippen LogP contribution in [0.2, 0.25) is 0 Å². The first-order chi connectivity index (χ1) is 6.66. The van der Waals surface area contributed by atoms with Gasteiger partial charge in [-0.15, -0.1) is 0 Å². The monoisotopic (exact) mass is 196 g/mol. The third-order valence-corrected chi connectivity index (χ3v) is 2.46. The van der Waals surface area contributed by atoms with Gasteiger partial charge in [0.1, 0.15) is 0 Å². The molecule has 0 radical (unpaired) electrons. The van der Waals surface area contributed by atoms with Crippen LogP contribution in [0.4, 0.5) is 0 Å². The van der Waals surface area contributed by atoms with Gasteiger partial charge in [0.2, 0.25) is 0 Å². The Morgan fingerprint density at radius 1 is 1.57 bits per heavy atom. The fourth-order valence-electron chi connectivity index (χ4n) is 1.54. The van der Waals surface area contributed by atoms with Gasteiger partial charge in [-0.25, -0.2) is 0 Å². The lowest BCUT2D eigenvalue weighted by molar-refractivity contribution is 0.139. The molecular weight excluding hydrogens is 176 g/mol. The van der Waals surface area contributed by atoms with Crippen LogP contribution in [-0.4, -0.2) is 18.8 Å². The molecule has 0 heterocycles. The lowest BCUT2D eigenvalue weighted by Gasteiger charge is -2.27. The first kappa shape index (κ1) is 11.3. The number of nitrogens with two attached hydrogens (primary N) is 2. The van der Waals surface area contributed by atoms with E-state index in [2.05, 4.69) is 0 Å². The van der Waals surface area contributed by atoms with Crippen molar-refractivity contribution in [3.63, 3.8) is 0 Å². The van der Waals surface area contributed by atoms with Crippen LogP contribution in [0.5, 0.6) is 0 Å². The van der Waals surface area contributed by atoms with Crippen molar-refractivity contribution in [2.24, 2.45) is 11.5 Å². The zero-order valence-corrected chi connectivity index (χ0v) is 8.83. The van der Waals surface area contributed by atoms with Crippen LogP contribution in [0.3, 0.4) is 0 Å². The molecule has 0 aromatic rings. The molecule has 1 unspecified atom stereocenters. The average Bonchev–Trinajstić information content (AvgIpc) is 2.18. The second kappa shape index (κ2) is 5.17. The van der Waals surface area contributed by atoms with E-state index in [9.17, 15) is 0 Å². The van der Waals surface area contributed by atoms with Crippen molar-refractivity contribution in [1.29, 1.82) is 0 Å². The van der Waals surface area contributed by atoms with Gasteiger partial charge in [0, 0.05) is 24.4 Å². The van der Waals surface area contributed by atoms with Crippen LogP contribution in [0.15, 0.2) is 23.9 Å². The van der Waals surface area contributed by atoms with Crippen LogP contribution >= 0.6 is 0 Å². The minimum Gasteiger partial charge on any atom is -0.399 e. The van der Waals surface area contributed by atoms with Gasteiger partial charge < -0.3 is 16.2 Å². The summed E-state index contributed by atoms with van der Waals surface area (Å²) in [5, 5.41) is 0. The molecule has 0 aliphatic heterocycles. The Hall–Kier alpha value is -0.800. The minimum atomic E-state index is -0.208. The lowest BCUT2D eigenvalue weighted by atomic mass is 9.87. The predicted octanol–water partition coefficient (Wildman–Crippen LogP) is 1.30. The van der Waals surface area contributed by atoms with Crippen molar-refractivity contribution in [2.45, 2.75) is 31.7 Å². The summed E-state index contributed by atoms with van der Waals surface area (Å²) in [5.41, 5.74) is 12.4. The van der Waals surface area contributed by atoms with Crippen LogP contribution in [0, 0.1) is 0 Å². The van der Waals surface area contributed by atoms with Crippen LogP contribution in [-0.2, 0) is 4.74 Å². The van der Waals surface area contributed by atoms with Gasteiger partial charge in [0.05, 0.1) is 0 Å². The molecule has 1 aliphatic rings. The normalized spacial score (nSPS) is 26.3. The Balaban J connectivity index is 2.27. The van der Waals surface area contributed by atoms with E-state index in [0.29, 0.717) is 0 Å². The molecule has 0 aromatic carbocycles. The maximum absolute atomic E-state index is 6.16. The fraction of sp³-hybridized carbons (Fsp3) is 0.636. The lowest BCUT2D eigenvalue weighted by Crippen LogP contribution is -2.38. The van der Waals surface area contributed by atoms with Crippen molar-refractivity contribution < 1.29 is 4.74 Å². The second-order valence-corrected chi connectivity index (χ2v) is 3.78. The number of allylic oxidation sites excluding steroid dienone is 1. The average molecular weight is 196 g/mol. The molecule has 1 rings (SSSR count). The highest BCUT2D eigenvalue weighted by atomic mass is 16.5. The second-order valence-electron chi connectivity index (χ2n) is 3.78. The number of ether oxygens (including phenoxy) is 1. The van der Waals surface area contributed by atoms with Gasteiger partial charge in [-0.3, -0.25) is 0 Å². The molecule has 1 atom stereocenters. The van der Waals surface area contributed by atoms with E-state index < -0.39 is 0 Å². The highest BCUT2D eigenvalue weighted by molar-refractivity contribution is 5.26. The third kappa shape index (κ3) is 3.52. The van der Waals surface area contributed by atoms with Crippen molar-refractivity contribution in [3.8, 4) is 0 Å². The number of hydrogen-bond donors (Lipinski definition) is 2. The summed E-state index contributed by atoms with van der Waals surface area (Å²) < 4.78 is 5.27. The third-order valence-electron chi connectivity index (χ3n) is 2.46. The van der Waals surface area contributed by atoms with E-state index in [0.717, 1.165) is 38.2 Å². The summed E-state index contributed by atoms with van der Waals surface area (Å²) in [7, 11) is 0. The van der Waals surface area contributed by atoms with E-state index in [1.807, 2.05) is 25.2 Å². The molecule has 3 heteroatoms. The molecule has 4 N–H and O–H groups in total. The van der Waals surface area contributed by atoms with Crippen molar-refractivity contribution >= 4 is 0 Å². The zero-order chi connectivity index (χ0) is 10.4. The van der Waals surface area contributed by atoms with E-state index >= 15 is 0 Å². The van der Waals surface area contributed by atoms with E-state index in [-0.39, 0.29) is 5.54 Å².